The first-order valence-electron chi connectivity index (χ1n) is 5.10. The van der Waals surface area contributed by atoms with Crippen molar-refractivity contribution < 1.29 is 9.53 Å². The Labute approximate surface area is 101 Å². The van der Waals surface area contributed by atoms with E-state index >= 15 is 0 Å². The summed E-state index contributed by atoms with van der Waals surface area (Å²) in [5.41, 5.74) is 1.33. The maximum absolute atomic E-state index is 11.4. The molecule has 0 unspecified atom stereocenters. The number of rotatable bonds is 3. The van der Waals surface area contributed by atoms with Gasteiger partial charge in [0.1, 0.15) is 0 Å². The van der Waals surface area contributed by atoms with Crippen LogP contribution in [0.25, 0.3) is 0 Å². The Balaban J connectivity index is 2.79. The fraction of sp³-hybridized carbons (Fsp3) is 0.308. The van der Waals surface area contributed by atoms with Crippen LogP contribution >= 0.6 is 11.6 Å². The van der Waals surface area contributed by atoms with Crippen LogP contribution in [0.15, 0.2) is 24.3 Å². The Morgan fingerprint density at radius 2 is 2.31 bits per heavy atom. The summed E-state index contributed by atoms with van der Waals surface area (Å²) in [6.45, 7) is 2.16. The maximum atomic E-state index is 11.4. The van der Waals surface area contributed by atoms with Gasteiger partial charge in [-0.2, -0.15) is 0 Å². The van der Waals surface area contributed by atoms with Gasteiger partial charge in [-0.15, -0.1) is 11.6 Å². The molecule has 0 radical (unpaired) electrons. The zero-order chi connectivity index (χ0) is 11.8. The lowest BCUT2D eigenvalue weighted by Crippen LogP contribution is -2.04. The van der Waals surface area contributed by atoms with E-state index in [1.165, 1.54) is 0 Å². The Kier molecular flexibility index (Phi) is 5.45. The number of carbonyl (C=O) groups excluding carboxylic acids is 1. The molecule has 0 fully saturated rings. The van der Waals surface area contributed by atoms with Crippen molar-refractivity contribution in [3.05, 3.63) is 35.4 Å². The molecule has 0 spiro atoms. The van der Waals surface area contributed by atoms with Crippen molar-refractivity contribution in [3.63, 3.8) is 0 Å². The van der Waals surface area contributed by atoms with Gasteiger partial charge in [0.15, 0.2) is 0 Å². The average molecular weight is 237 g/mol. The minimum Gasteiger partial charge on any atom is -0.462 e. The first-order valence-corrected chi connectivity index (χ1v) is 5.63. The lowest BCUT2D eigenvalue weighted by Gasteiger charge is -2.01. The molecule has 0 aliphatic heterocycles. The first-order chi connectivity index (χ1) is 7.77. The van der Waals surface area contributed by atoms with Gasteiger partial charge in [-0.3, -0.25) is 0 Å². The first kappa shape index (κ1) is 12.6. The van der Waals surface area contributed by atoms with Crippen LogP contribution in [0.1, 0.15) is 29.3 Å². The highest BCUT2D eigenvalue weighted by molar-refractivity contribution is 6.18. The molecule has 0 aliphatic rings. The SMILES string of the molecule is CCOC(=O)c1cccc(C#CCCCl)c1. The molecule has 1 aromatic rings. The van der Waals surface area contributed by atoms with E-state index in [1.807, 2.05) is 6.07 Å². The van der Waals surface area contributed by atoms with Crippen molar-refractivity contribution in [1.29, 1.82) is 0 Å². The molecule has 1 rings (SSSR count). The van der Waals surface area contributed by atoms with Crippen LogP contribution in [0.4, 0.5) is 0 Å². The van der Waals surface area contributed by atoms with E-state index in [4.69, 9.17) is 16.3 Å². The average Bonchev–Trinajstić information content (AvgIpc) is 2.30. The molecule has 0 atom stereocenters. The van der Waals surface area contributed by atoms with Gasteiger partial charge >= 0.3 is 5.97 Å². The predicted molar refractivity (Wildman–Crippen MR) is 64.6 cm³/mol. The Morgan fingerprint density at radius 1 is 1.50 bits per heavy atom. The minimum atomic E-state index is -0.316. The number of esters is 1. The van der Waals surface area contributed by atoms with Gasteiger partial charge in [-0.25, -0.2) is 4.79 Å². The summed E-state index contributed by atoms with van der Waals surface area (Å²) in [6.07, 6.45) is 0.644. The molecule has 0 aromatic heterocycles. The molecule has 1 aromatic carbocycles. The van der Waals surface area contributed by atoms with Crippen molar-refractivity contribution in [1.82, 2.24) is 0 Å². The molecule has 0 aliphatic carbocycles. The second-order valence-corrected chi connectivity index (χ2v) is 3.42. The number of hydrogen-bond donors (Lipinski definition) is 0. The van der Waals surface area contributed by atoms with E-state index < -0.39 is 0 Å². The van der Waals surface area contributed by atoms with Crippen LogP contribution in [0.2, 0.25) is 0 Å². The zero-order valence-electron chi connectivity index (χ0n) is 9.13. The third kappa shape index (κ3) is 3.96. The predicted octanol–water partition coefficient (Wildman–Crippen LogP) is 2.84. The number of alkyl halides is 1. The second kappa shape index (κ2) is 6.92. The summed E-state index contributed by atoms with van der Waals surface area (Å²) < 4.78 is 4.90. The van der Waals surface area contributed by atoms with Gasteiger partial charge in [0, 0.05) is 17.9 Å². The molecule has 2 nitrogen and oxygen atoms in total. The monoisotopic (exact) mass is 236 g/mol. The van der Waals surface area contributed by atoms with Crippen molar-refractivity contribution in [2.45, 2.75) is 13.3 Å². The molecule has 0 saturated carbocycles. The molecule has 0 N–H and O–H groups in total. The van der Waals surface area contributed by atoms with Crippen molar-refractivity contribution >= 4 is 17.6 Å². The maximum Gasteiger partial charge on any atom is 0.338 e. The zero-order valence-corrected chi connectivity index (χ0v) is 9.88. The third-order valence-electron chi connectivity index (χ3n) is 1.83. The summed E-state index contributed by atoms with van der Waals surface area (Å²) in [5, 5.41) is 0. The van der Waals surface area contributed by atoms with Gasteiger partial charge in [-0.05, 0) is 25.1 Å². The summed E-state index contributed by atoms with van der Waals surface area (Å²) in [7, 11) is 0. The summed E-state index contributed by atoms with van der Waals surface area (Å²) in [6, 6.07) is 7.07. The minimum absolute atomic E-state index is 0.316. The van der Waals surface area contributed by atoms with Gasteiger partial charge in [0.05, 0.1) is 12.2 Å². The van der Waals surface area contributed by atoms with Crippen molar-refractivity contribution in [2.75, 3.05) is 12.5 Å². The number of halogens is 1. The van der Waals surface area contributed by atoms with Crippen LogP contribution in [0, 0.1) is 11.8 Å². The molecule has 0 bridgehead atoms. The quantitative estimate of drug-likeness (QED) is 0.458. The normalized spacial score (nSPS) is 9.12. The Bertz CT molecular complexity index is 415. The molecular weight excluding hydrogens is 224 g/mol. The second-order valence-electron chi connectivity index (χ2n) is 3.04. The fourth-order valence-electron chi connectivity index (χ4n) is 1.15. The van der Waals surface area contributed by atoms with Crippen LogP contribution in [-0.2, 0) is 4.74 Å². The van der Waals surface area contributed by atoms with Gasteiger partial charge < -0.3 is 4.74 Å². The Hall–Kier alpha value is -1.46. The van der Waals surface area contributed by atoms with Crippen LogP contribution in [-0.4, -0.2) is 18.5 Å². The van der Waals surface area contributed by atoms with E-state index in [0.29, 0.717) is 24.5 Å². The lowest BCUT2D eigenvalue weighted by atomic mass is 10.1. The van der Waals surface area contributed by atoms with E-state index in [9.17, 15) is 4.79 Å². The number of benzene rings is 1. The number of hydrogen-bond acceptors (Lipinski definition) is 2. The van der Waals surface area contributed by atoms with Crippen molar-refractivity contribution in [3.8, 4) is 11.8 Å². The fourth-order valence-corrected chi connectivity index (χ4v) is 1.24. The highest BCUT2D eigenvalue weighted by Gasteiger charge is 2.05. The molecule has 0 amide bonds. The van der Waals surface area contributed by atoms with Crippen LogP contribution < -0.4 is 0 Å². The molecule has 0 saturated heterocycles. The molecule has 84 valence electrons. The molecule has 16 heavy (non-hydrogen) atoms. The number of carbonyl (C=O) groups is 1. The highest BCUT2D eigenvalue weighted by Crippen LogP contribution is 2.06. The lowest BCUT2D eigenvalue weighted by molar-refractivity contribution is 0.0526. The molecule has 0 heterocycles. The van der Waals surface area contributed by atoms with Gasteiger partial charge in [0.2, 0.25) is 0 Å². The standard InChI is InChI=1S/C13H13ClO2/c1-2-16-13(15)12-8-5-7-11(10-12)6-3-4-9-14/h5,7-8,10H,2,4,9H2,1H3. The summed E-state index contributed by atoms with van der Waals surface area (Å²) >= 11 is 5.51. The largest absolute Gasteiger partial charge is 0.462 e. The summed E-state index contributed by atoms with van der Waals surface area (Å²) in [5.74, 6) is 6.06. The van der Waals surface area contributed by atoms with Crippen LogP contribution in [0.5, 0.6) is 0 Å². The van der Waals surface area contributed by atoms with E-state index in [0.717, 1.165) is 5.56 Å². The Morgan fingerprint density at radius 3 is 3.00 bits per heavy atom. The van der Waals surface area contributed by atoms with E-state index in [2.05, 4.69) is 11.8 Å². The third-order valence-corrected chi connectivity index (χ3v) is 2.01. The summed E-state index contributed by atoms with van der Waals surface area (Å²) in [4.78, 5) is 11.4. The van der Waals surface area contributed by atoms with Gasteiger partial charge in [-0.1, -0.05) is 17.9 Å². The highest BCUT2D eigenvalue weighted by atomic mass is 35.5. The smallest absolute Gasteiger partial charge is 0.338 e. The van der Waals surface area contributed by atoms with Crippen LogP contribution in [0.3, 0.4) is 0 Å². The topological polar surface area (TPSA) is 26.3 Å². The van der Waals surface area contributed by atoms with Crippen molar-refractivity contribution in [2.24, 2.45) is 0 Å². The van der Waals surface area contributed by atoms with E-state index in [1.54, 1.807) is 25.1 Å². The molecular formula is C13H13ClO2. The molecule has 3 heteroatoms. The number of ether oxygens (including phenoxy) is 1. The van der Waals surface area contributed by atoms with Gasteiger partial charge in [0.25, 0.3) is 0 Å². The van der Waals surface area contributed by atoms with E-state index in [-0.39, 0.29) is 5.97 Å².